The molecule has 0 saturated carbocycles. The smallest absolute Gasteiger partial charge is 0.308 e. The zero-order chi connectivity index (χ0) is 11.4. The monoisotopic (exact) mass is 248 g/mol. The minimum atomic E-state index is -0.675. The third-order valence-corrected chi connectivity index (χ3v) is 2.17. The van der Waals surface area contributed by atoms with E-state index in [0.717, 1.165) is 0 Å². The molecule has 0 aliphatic carbocycles. The molecule has 15 heavy (non-hydrogen) atoms. The van der Waals surface area contributed by atoms with Crippen molar-refractivity contribution < 1.29 is 14.3 Å². The molecule has 0 unspecified atom stereocenters. The lowest BCUT2D eigenvalue weighted by atomic mass is 10.2. The molecule has 0 amide bonds. The molecule has 3 nitrogen and oxygen atoms in total. The first kappa shape index (κ1) is 12.1. The van der Waals surface area contributed by atoms with Crippen LogP contribution < -0.4 is 9.47 Å². The molecule has 0 aromatic heterocycles. The maximum absolute atomic E-state index is 10.7. The Morgan fingerprint density at radius 2 is 2.07 bits per heavy atom. The summed E-state index contributed by atoms with van der Waals surface area (Å²) in [6.07, 6.45) is 0. The Morgan fingerprint density at radius 1 is 1.40 bits per heavy atom. The number of ether oxygens (including phenoxy) is 2. The second-order valence-electron chi connectivity index (χ2n) is 2.80. The van der Waals surface area contributed by atoms with E-state index >= 15 is 0 Å². The van der Waals surface area contributed by atoms with Crippen molar-refractivity contribution in [2.24, 2.45) is 0 Å². The highest BCUT2D eigenvalue weighted by atomic mass is 35.5. The summed E-state index contributed by atoms with van der Waals surface area (Å²) >= 11 is 11.4. The molecule has 0 aliphatic rings. The molecule has 1 rings (SSSR count). The largest absolute Gasteiger partial charge is 0.496 e. The van der Waals surface area contributed by atoms with Gasteiger partial charge in [-0.2, -0.15) is 0 Å². The summed E-state index contributed by atoms with van der Waals surface area (Å²) in [6, 6.07) is 4.83. The molecule has 0 aliphatic heterocycles. The number of hydrogen-bond donors (Lipinski definition) is 0. The van der Waals surface area contributed by atoms with E-state index in [0.29, 0.717) is 17.1 Å². The van der Waals surface area contributed by atoms with E-state index < -0.39 is 10.8 Å². The topological polar surface area (TPSA) is 35.5 Å². The summed E-state index contributed by atoms with van der Waals surface area (Å²) in [7, 11) is 1.49. The molecule has 0 heterocycles. The van der Waals surface area contributed by atoms with Crippen molar-refractivity contribution in [2.45, 2.75) is 11.8 Å². The quantitative estimate of drug-likeness (QED) is 0.469. The molecule has 82 valence electrons. The van der Waals surface area contributed by atoms with Gasteiger partial charge in [-0.1, -0.05) is 23.2 Å². The Morgan fingerprint density at radius 3 is 2.53 bits per heavy atom. The summed E-state index contributed by atoms with van der Waals surface area (Å²) < 4.78 is 9.96. The Labute approximate surface area is 97.9 Å². The van der Waals surface area contributed by atoms with Crippen molar-refractivity contribution in [1.82, 2.24) is 0 Å². The van der Waals surface area contributed by atoms with Gasteiger partial charge in [0, 0.05) is 18.6 Å². The average Bonchev–Trinajstić information content (AvgIpc) is 2.16. The van der Waals surface area contributed by atoms with Gasteiger partial charge < -0.3 is 9.47 Å². The van der Waals surface area contributed by atoms with E-state index in [1.807, 2.05) is 0 Å². The molecule has 0 spiro atoms. The van der Waals surface area contributed by atoms with Crippen LogP contribution in [0.4, 0.5) is 0 Å². The number of alkyl halides is 2. The van der Waals surface area contributed by atoms with Gasteiger partial charge >= 0.3 is 5.97 Å². The number of benzene rings is 1. The van der Waals surface area contributed by atoms with E-state index in [9.17, 15) is 4.79 Å². The lowest BCUT2D eigenvalue weighted by Gasteiger charge is -2.10. The van der Waals surface area contributed by atoms with E-state index in [2.05, 4.69) is 0 Å². The van der Waals surface area contributed by atoms with Crippen molar-refractivity contribution in [2.75, 3.05) is 7.11 Å². The Kier molecular flexibility index (Phi) is 4.24. The number of methoxy groups -OCH3 is 1. The highest BCUT2D eigenvalue weighted by Gasteiger charge is 2.12. The van der Waals surface area contributed by atoms with Crippen LogP contribution in [0.2, 0.25) is 0 Å². The Balaban J connectivity index is 3.02. The maximum atomic E-state index is 10.7. The first-order chi connectivity index (χ1) is 7.04. The zero-order valence-electron chi connectivity index (χ0n) is 8.29. The third kappa shape index (κ3) is 3.29. The molecule has 0 saturated heterocycles. The highest BCUT2D eigenvalue weighted by Crippen LogP contribution is 2.35. The van der Waals surface area contributed by atoms with Gasteiger partial charge in [-0.3, -0.25) is 4.79 Å². The number of carbonyl (C=O) groups is 1. The Hall–Kier alpha value is -0.930. The lowest BCUT2D eigenvalue weighted by Crippen LogP contribution is -2.02. The van der Waals surface area contributed by atoms with Gasteiger partial charge in [-0.25, -0.2) is 0 Å². The van der Waals surface area contributed by atoms with Gasteiger partial charge in [0.1, 0.15) is 16.3 Å². The molecule has 0 N–H and O–H groups in total. The zero-order valence-corrected chi connectivity index (χ0v) is 9.80. The predicted octanol–water partition coefficient (Wildman–Crippen LogP) is 3.10. The first-order valence-electron chi connectivity index (χ1n) is 4.19. The fourth-order valence-electron chi connectivity index (χ4n) is 1.10. The molecule has 0 bridgehead atoms. The summed E-state index contributed by atoms with van der Waals surface area (Å²) in [5.41, 5.74) is 0.636. The van der Waals surface area contributed by atoms with Gasteiger partial charge in [-0.05, 0) is 12.1 Å². The Bertz CT molecular complexity index is 364. The van der Waals surface area contributed by atoms with Crippen molar-refractivity contribution in [3.8, 4) is 11.5 Å². The normalized spacial score (nSPS) is 10.2. The molecule has 0 radical (unpaired) electrons. The third-order valence-electron chi connectivity index (χ3n) is 1.70. The van der Waals surface area contributed by atoms with Gasteiger partial charge in [0.2, 0.25) is 0 Å². The van der Waals surface area contributed by atoms with Crippen molar-refractivity contribution in [3.05, 3.63) is 23.8 Å². The van der Waals surface area contributed by atoms with Crippen LogP contribution in [0.25, 0.3) is 0 Å². The number of halogens is 2. The summed E-state index contributed by atoms with van der Waals surface area (Å²) in [5.74, 6) is 0.499. The SMILES string of the molecule is COc1cc(OC(C)=O)ccc1C(Cl)Cl. The second-order valence-corrected chi connectivity index (χ2v) is 3.89. The second kappa shape index (κ2) is 5.24. The molecule has 0 atom stereocenters. The van der Waals surface area contributed by atoms with E-state index in [1.165, 1.54) is 14.0 Å². The fraction of sp³-hybridized carbons (Fsp3) is 0.300. The van der Waals surface area contributed by atoms with Crippen LogP contribution in [0.1, 0.15) is 17.3 Å². The van der Waals surface area contributed by atoms with Crippen LogP contribution >= 0.6 is 23.2 Å². The van der Waals surface area contributed by atoms with Crippen molar-refractivity contribution >= 4 is 29.2 Å². The lowest BCUT2D eigenvalue weighted by molar-refractivity contribution is -0.131. The van der Waals surface area contributed by atoms with Gasteiger partial charge in [0.05, 0.1) is 7.11 Å². The van der Waals surface area contributed by atoms with Crippen LogP contribution in [-0.4, -0.2) is 13.1 Å². The van der Waals surface area contributed by atoms with E-state index in [4.69, 9.17) is 32.7 Å². The molecule has 1 aromatic carbocycles. The standard InChI is InChI=1S/C10H10Cl2O3/c1-6(13)15-7-3-4-8(10(11)12)9(5-7)14-2/h3-5,10H,1-2H3. The first-order valence-corrected chi connectivity index (χ1v) is 5.06. The maximum Gasteiger partial charge on any atom is 0.308 e. The van der Waals surface area contributed by atoms with Crippen LogP contribution in [0, 0.1) is 0 Å². The number of esters is 1. The predicted molar refractivity (Wildman–Crippen MR) is 58.8 cm³/mol. The number of rotatable bonds is 3. The average molecular weight is 249 g/mol. The summed E-state index contributed by atoms with van der Waals surface area (Å²) in [4.78, 5) is 10.0. The van der Waals surface area contributed by atoms with Gasteiger partial charge in [0.15, 0.2) is 0 Å². The highest BCUT2D eigenvalue weighted by molar-refractivity contribution is 6.44. The van der Waals surface area contributed by atoms with E-state index in [1.54, 1.807) is 18.2 Å². The molecular weight excluding hydrogens is 239 g/mol. The summed E-state index contributed by atoms with van der Waals surface area (Å²) in [6.45, 7) is 1.33. The molecule has 5 heteroatoms. The fourth-order valence-corrected chi connectivity index (χ4v) is 1.46. The van der Waals surface area contributed by atoms with E-state index in [-0.39, 0.29) is 0 Å². The number of hydrogen-bond acceptors (Lipinski definition) is 3. The van der Waals surface area contributed by atoms with Crippen LogP contribution in [0.15, 0.2) is 18.2 Å². The molecule has 1 aromatic rings. The minimum Gasteiger partial charge on any atom is -0.496 e. The number of carbonyl (C=O) groups excluding carboxylic acids is 1. The van der Waals surface area contributed by atoms with Gasteiger partial charge in [0.25, 0.3) is 0 Å². The molecule has 0 fully saturated rings. The summed E-state index contributed by atoms with van der Waals surface area (Å²) in [5, 5.41) is 0. The minimum absolute atomic E-state index is 0.391. The van der Waals surface area contributed by atoms with Crippen molar-refractivity contribution in [3.63, 3.8) is 0 Å². The van der Waals surface area contributed by atoms with Crippen LogP contribution in [0.5, 0.6) is 11.5 Å². The molecular formula is C10H10Cl2O3. The van der Waals surface area contributed by atoms with Crippen molar-refractivity contribution in [1.29, 1.82) is 0 Å². The van der Waals surface area contributed by atoms with Crippen LogP contribution in [-0.2, 0) is 4.79 Å². The van der Waals surface area contributed by atoms with Crippen LogP contribution in [0.3, 0.4) is 0 Å². The van der Waals surface area contributed by atoms with Gasteiger partial charge in [-0.15, -0.1) is 0 Å².